The molecule has 0 aromatic heterocycles. The molecule has 0 radical (unpaired) electrons. The molecule has 0 saturated heterocycles. The topological polar surface area (TPSA) is 48.2 Å². The van der Waals surface area contributed by atoms with Crippen LogP contribution in [-0.4, -0.2) is 13.3 Å². The lowest BCUT2D eigenvalue weighted by Gasteiger charge is -2.02. The van der Waals surface area contributed by atoms with Crippen LogP contribution in [0.5, 0.6) is 0 Å². The zero-order chi connectivity index (χ0) is 10.3. The number of nitrogens with one attached hydrogen (secondary N) is 2. The quantitative estimate of drug-likeness (QED) is 0.494. The summed E-state index contributed by atoms with van der Waals surface area (Å²) < 4.78 is 0. The average molecular weight is 197 g/mol. The van der Waals surface area contributed by atoms with Crippen LogP contribution in [0.4, 0.5) is 11.4 Å². The summed E-state index contributed by atoms with van der Waals surface area (Å²) in [5, 5.41) is 6.38. The van der Waals surface area contributed by atoms with E-state index >= 15 is 0 Å². The van der Waals surface area contributed by atoms with Gasteiger partial charge in [-0.2, -0.15) is 17.7 Å². The number of hydrogen-bond acceptors (Lipinski definition) is 4. The highest BCUT2D eigenvalue weighted by atomic mass is 32.1. The van der Waals surface area contributed by atoms with Crippen molar-refractivity contribution in [2.24, 2.45) is 5.11 Å². The van der Waals surface area contributed by atoms with Gasteiger partial charge < -0.3 is 5.32 Å². The maximum atomic E-state index is 6.82. The number of anilines is 1. The van der Waals surface area contributed by atoms with Crippen molar-refractivity contribution >= 4 is 24.0 Å². The number of nitrogens with zero attached hydrogens (tertiary/aromatic N) is 1. The molecule has 3 nitrogen and oxygen atoms in total. The molecular weight excluding hydrogens is 182 g/mol. The van der Waals surface area contributed by atoms with E-state index in [1.165, 1.54) is 0 Å². The smallest absolute Gasteiger partial charge is 0.0880 e. The summed E-state index contributed by atoms with van der Waals surface area (Å²) in [4.78, 5) is 0. The van der Waals surface area contributed by atoms with Crippen molar-refractivity contribution in [2.75, 3.05) is 18.6 Å². The maximum Gasteiger partial charge on any atom is 0.0880 e. The second kappa shape index (κ2) is 6.48. The van der Waals surface area contributed by atoms with E-state index in [1.807, 2.05) is 32.2 Å². The first-order valence-electron chi connectivity index (χ1n) is 3.88. The van der Waals surface area contributed by atoms with Gasteiger partial charge in [0.05, 0.1) is 5.69 Å². The summed E-state index contributed by atoms with van der Waals surface area (Å²) in [6.45, 7) is 1.94. The first-order chi connectivity index (χ1) is 6.27. The molecule has 0 spiro atoms. The standard InChI is InChI=1S/C8H11N3.CH4S/c1-6-5-7(10-2)3-4-8(6)11-9;1-2/h3-5,9-10H,1-2H3;2H,1H3. The van der Waals surface area contributed by atoms with Crippen molar-refractivity contribution < 1.29 is 0 Å². The van der Waals surface area contributed by atoms with Crippen molar-refractivity contribution in [1.82, 2.24) is 0 Å². The first kappa shape index (κ1) is 12.0. The highest BCUT2D eigenvalue weighted by Gasteiger charge is 1.95. The minimum atomic E-state index is 0.726. The van der Waals surface area contributed by atoms with Gasteiger partial charge in [0, 0.05) is 12.7 Å². The summed E-state index contributed by atoms with van der Waals surface area (Å²) in [6.07, 6.45) is 1.69. The predicted octanol–water partition coefficient (Wildman–Crippen LogP) is 3.25. The lowest BCUT2D eigenvalue weighted by molar-refractivity contribution is 1.13. The molecule has 72 valence electrons. The van der Waals surface area contributed by atoms with Crippen LogP contribution >= 0.6 is 12.6 Å². The fourth-order valence-electron chi connectivity index (χ4n) is 0.936. The Balaban J connectivity index is 0.000000671. The lowest BCUT2D eigenvalue weighted by atomic mass is 10.2. The van der Waals surface area contributed by atoms with Gasteiger partial charge in [0.15, 0.2) is 0 Å². The third-order valence-electron chi connectivity index (χ3n) is 1.61. The summed E-state index contributed by atoms with van der Waals surface area (Å²) in [5.41, 5.74) is 9.61. The Kier molecular flexibility index (Phi) is 5.97. The molecule has 0 amide bonds. The Morgan fingerprint density at radius 1 is 1.38 bits per heavy atom. The third kappa shape index (κ3) is 3.46. The van der Waals surface area contributed by atoms with Gasteiger partial charge in [-0.05, 0) is 36.9 Å². The molecule has 1 aromatic rings. The largest absolute Gasteiger partial charge is 0.388 e. The Hall–Kier alpha value is -1.03. The maximum absolute atomic E-state index is 6.82. The monoisotopic (exact) mass is 197 g/mol. The molecule has 0 aliphatic heterocycles. The van der Waals surface area contributed by atoms with Crippen LogP contribution in [0.2, 0.25) is 0 Å². The molecule has 4 heteroatoms. The molecule has 0 bridgehead atoms. The van der Waals surface area contributed by atoms with E-state index in [-0.39, 0.29) is 0 Å². The molecule has 2 N–H and O–H groups in total. The SMILES string of the molecule is CNc1ccc(N=N)c(C)c1.CS. The molecule has 0 atom stereocenters. The van der Waals surface area contributed by atoms with Crippen molar-refractivity contribution in [3.05, 3.63) is 23.8 Å². The zero-order valence-corrected chi connectivity index (χ0v) is 9.02. The number of rotatable bonds is 2. The fraction of sp³-hybridized carbons (Fsp3) is 0.333. The Labute approximate surface area is 84.5 Å². The first-order valence-corrected chi connectivity index (χ1v) is 4.78. The van der Waals surface area contributed by atoms with Gasteiger partial charge in [-0.15, -0.1) is 0 Å². The van der Waals surface area contributed by atoms with Crippen LogP contribution in [0.15, 0.2) is 23.3 Å². The summed E-state index contributed by atoms with van der Waals surface area (Å²) in [6, 6.07) is 5.70. The van der Waals surface area contributed by atoms with Crippen molar-refractivity contribution in [3.63, 3.8) is 0 Å². The van der Waals surface area contributed by atoms with Gasteiger partial charge in [0.2, 0.25) is 0 Å². The molecule has 1 rings (SSSR count). The van der Waals surface area contributed by atoms with Crippen molar-refractivity contribution in [3.8, 4) is 0 Å². The predicted molar refractivity (Wildman–Crippen MR) is 60.4 cm³/mol. The van der Waals surface area contributed by atoms with E-state index in [4.69, 9.17) is 5.53 Å². The van der Waals surface area contributed by atoms with E-state index in [9.17, 15) is 0 Å². The minimum Gasteiger partial charge on any atom is -0.388 e. The number of hydrogen-bond donors (Lipinski definition) is 3. The van der Waals surface area contributed by atoms with Gasteiger partial charge >= 0.3 is 0 Å². The van der Waals surface area contributed by atoms with E-state index in [0.29, 0.717) is 0 Å². The zero-order valence-electron chi connectivity index (χ0n) is 8.13. The van der Waals surface area contributed by atoms with E-state index < -0.39 is 0 Å². The van der Waals surface area contributed by atoms with Crippen LogP contribution in [0.25, 0.3) is 0 Å². The summed E-state index contributed by atoms with van der Waals surface area (Å²) in [7, 11) is 1.87. The average Bonchev–Trinajstić information content (AvgIpc) is 2.20. The second-order valence-corrected chi connectivity index (χ2v) is 2.36. The molecule has 0 fully saturated rings. The Bertz CT molecular complexity index is 274. The molecule has 13 heavy (non-hydrogen) atoms. The fourth-order valence-corrected chi connectivity index (χ4v) is 0.936. The van der Waals surface area contributed by atoms with Crippen LogP contribution in [0, 0.1) is 12.5 Å². The molecule has 0 heterocycles. The summed E-state index contributed by atoms with van der Waals surface area (Å²) in [5.74, 6) is 0. The number of aryl methyl sites for hydroxylation is 1. The van der Waals surface area contributed by atoms with Crippen LogP contribution in [-0.2, 0) is 0 Å². The lowest BCUT2D eigenvalue weighted by Crippen LogP contribution is -1.87. The van der Waals surface area contributed by atoms with Crippen molar-refractivity contribution in [1.29, 1.82) is 5.53 Å². The molecule has 0 aliphatic rings. The van der Waals surface area contributed by atoms with E-state index in [2.05, 4.69) is 23.1 Å². The van der Waals surface area contributed by atoms with Gasteiger partial charge in [0.25, 0.3) is 0 Å². The number of benzene rings is 1. The normalized spacial score (nSPS) is 8.31. The van der Waals surface area contributed by atoms with Gasteiger partial charge in [-0.25, -0.2) is 5.53 Å². The van der Waals surface area contributed by atoms with Crippen LogP contribution < -0.4 is 5.32 Å². The minimum absolute atomic E-state index is 0.726. The van der Waals surface area contributed by atoms with Gasteiger partial charge in [-0.1, -0.05) is 0 Å². The Morgan fingerprint density at radius 3 is 2.38 bits per heavy atom. The summed E-state index contributed by atoms with van der Waals surface area (Å²) >= 11 is 3.53. The molecule has 1 aromatic carbocycles. The molecule has 0 aliphatic carbocycles. The van der Waals surface area contributed by atoms with E-state index in [0.717, 1.165) is 16.9 Å². The van der Waals surface area contributed by atoms with Gasteiger partial charge in [0.1, 0.15) is 0 Å². The highest BCUT2D eigenvalue weighted by molar-refractivity contribution is 7.79. The third-order valence-corrected chi connectivity index (χ3v) is 1.61. The van der Waals surface area contributed by atoms with Gasteiger partial charge in [-0.3, -0.25) is 0 Å². The highest BCUT2D eigenvalue weighted by Crippen LogP contribution is 2.21. The number of thiol groups is 1. The second-order valence-electron chi connectivity index (χ2n) is 2.36. The molecular formula is C9H15N3S. The Morgan fingerprint density at radius 2 is 2.00 bits per heavy atom. The van der Waals surface area contributed by atoms with Crippen LogP contribution in [0.1, 0.15) is 5.56 Å². The van der Waals surface area contributed by atoms with Crippen LogP contribution in [0.3, 0.4) is 0 Å². The van der Waals surface area contributed by atoms with E-state index in [1.54, 1.807) is 6.26 Å². The molecule has 0 unspecified atom stereocenters. The van der Waals surface area contributed by atoms with Crippen molar-refractivity contribution in [2.45, 2.75) is 6.92 Å². The molecule has 0 saturated carbocycles.